The molecule has 2 aromatic carbocycles. The lowest BCUT2D eigenvalue weighted by atomic mass is 9.86. The molecule has 5 nitrogen and oxygen atoms in total. The monoisotopic (exact) mass is 455 g/mol. The molecule has 1 saturated heterocycles. The number of nitrogens with zero attached hydrogens (tertiary/aromatic N) is 2. The molecule has 2 atom stereocenters. The van der Waals surface area contributed by atoms with Crippen molar-refractivity contribution in [1.82, 2.24) is 14.8 Å². The summed E-state index contributed by atoms with van der Waals surface area (Å²) in [5.74, 6) is -0.291. The van der Waals surface area contributed by atoms with Gasteiger partial charge in [-0.15, -0.1) is 0 Å². The molecule has 0 saturated carbocycles. The Bertz CT molecular complexity index is 1220. The number of hydrogen-bond donors (Lipinski definition) is 1. The predicted molar refractivity (Wildman–Crippen MR) is 117 cm³/mol. The van der Waals surface area contributed by atoms with Gasteiger partial charge in [-0.05, 0) is 35.7 Å². The Morgan fingerprint density at radius 2 is 1.79 bits per heavy atom. The van der Waals surface area contributed by atoms with Gasteiger partial charge >= 0.3 is 6.18 Å². The first kappa shape index (κ1) is 21.6. The van der Waals surface area contributed by atoms with Gasteiger partial charge in [-0.2, -0.15) is 13.2 Å². The number of benzene rings is 2. The Balaban J connectivity index is 1.64. The van der Waals surface area contributed by atoms with E-state index in [0.717, 1.165) is 47.1 Å². The fourth-order valence-corrected chi connectivity index (χ4v) is 5.06. The van der Waals surface area contributed by atoms with Gasteiger partial charge in [0, 0.05) is 29.6 Å². The Hall–Kier alpha value is -3.29. The minimum Gasteiger partial charge on any atom is -0.356 e. The Morgan fingerprint density at radius 3 is 2.48 bits per heavy atom. The molecule has 1 N–H and O–H groups in total. The van der Waals surface area contributed by atoms with Crippen molar-refractivity contribution < 1.29 is 22.8 Å². The number of halogens is 3. The highest BCUT2D eigenvalue weighted by molar-refractivity contribution is 5.97. The highest BCUT2D eigenvalue weighted by atomic mass is 19.4. The van der Waals surface area contributed by atoms with E-state index in [1.165, 1.54) is 12.1 Å². The fraction of sp³-hybridized carbons (Fsp3) is 0.360. The zero-order valence-corrected chi connectivity index (χ0v) is 18.2. The molecule has 172 valence electrons. The van der Waals surface area contributed by atoms with Crippen molar-refractivity contribution in [2.75, 3.05) is 13.1 Å². The van der Waals surface area contributed by atoms with E-state index < -0.39 is 23.8 Å². The number of piperazine rings is 1. The molecule has 0 radical (unpaired) electrons. The van der Waals surface area contributed by atoms with Crippen LogP contribution < -0.4 is 0 Å². The minimum atomic E-state index is -4.45. The third kappa shape index (κ3) is 3.57. The van der Waals surface area contributed by atoms with Crippen molar-refractivity contribution in [1.29, 1.82) is 0 Å². The van der Waals surface area contributed by atoms with E-state index in [1.54, 1.807) is 9.80 Å². The highest BCUT2D eigenvalue weighted by Crippen LogP contribution is 2.43. The molecule has 33 heavy (non-hydrogen) atoms. The molecule has 3 aromatic rings. The number of H-pyrrole nitrogens is 1. The summed E-state index contributed by atoms with van der Waals surface area (Å²) in [6.45, 7) is 2.54. The number of aromatic amines is 1. The van der Waals surface area contributed by atoms with Crippen molar-refractivity contribution >= 4 is 22.7 Å². The summed E-state index contributed by atoms with van der Waals surface area (Å²) in [7, 11) is 0. The lowest BCUT2D eigenvalue weighted by Crippen LogP contribution is -2.63. The average Bonchev–Trinajstić information content (AvgIpc) is 3.17. The van der Waals surface area contributed by atoms with E-state index >= 15 is 0 Å². The number of rotatable bonds is 4. The normalized spacial score (nSPS) is 20.8. The van der Waals surface area contributed by atoms with Crippen LogP contribution >= 0.6 is 0 Å². The van der Waals surface area contributed by atoms with Crippen LogP contribution in [-0.4, -0.2) is 45.7 Å². The number of nitrogens with one attached hydrogen (secondary N) is 1. The number of aromatic nitrogens is 1. The van der Waals surface area contributed by atoms with E-state index in [1.807, 2.05) is 31.2 Å². The second kappa shape index (κ2) is 7.93. The zero-order chi connectivity index (χ0) is 23.3. The molecule has 0 unspecified atom stereocenters. The minimum absolute atomic E-state index is 0.0119. The molecule has 0 bridgehead atoms. The number of carbonyl (C=O) groups is 2. The Kier molecular flexibility index (Phi) is 5.18. The number of amides is 2. The molecule has 1 fully saturated rings. The van der Waals surface area contributed by atoms with Crippen molar-refractivity contribution in [3.63, 3.8) is 0 Å². The van der Waals surface area contributed by atoms with E-state index in [2.05, 4.69) is 4.98 Å². The van der Waals surface area contributed by atoms with Crippen LogP contribution in [0.4, 0.5) is 13.2 Å². The van der Waals surface area contributed by atoms with Crippen molar-refractivity contribution in [2.24, 2.45) is 0 Å². The van der Waals surface area contributed by atoms with Crippen LogP contribution in [0.15, 0.2) is 48.5 Å². The van der Waals surface area contributed by atoms with Gasteiger partial charge in [0.2, 0.25) is 11.8 Å². The number of para-hydroxylation sites is 1. The molecule has 8 heteroatoms. The molecule has 5 rings (SSSR count). The van der Waals surface area contributed by atoms with Gasteiger partial charge < -0.3 is 14.8 Å². The third-order valence-electron chi connectivity index (χ3n) is 6.68. The largest absolute Gasteiger partial charge is 0.416 e. The summed E-state index contributed by atoms with van der Waals surface area (Å²) in [6.07, 6.45) is -2.35. The van der Waals surface area contributed by atoms with Gasteiger partial charge in [0.25, 0.3) is 0 Å². The van der Waals surface area contributed by atoms with E-state index in [-0.39, 0.29) is 18.4 Å². The number of carbonyl (C=O) groups excluding carboxylic acids is 2. The van der Waals surface area contributed by atoms with Crippen LogP contribution in [0.5, 0.6) is 0 Å². The summed E-state index contributed by atoms with van der Waals surface area (Å²) in [5, 5.41) is 0.968. The molecule has 2 amide bonds. The second-order valence-electron chi connectivity index (χ2n) is 8.72. The van der Waals surface area contributed by atoms with Crippen molar-refractivity contribution in [2.45, 2.75) is 44.4 Å². The zero-order valence-electron chi connectivity index (χ0n) is 18.2. The molecule has 1 aromatic heterocycles. The standard InChI is InChI=1S/C25H24F3N3O2/c1-2-3-12-30-14-21(32)31-20(24(30)33)13-18-17-6-4-5-7-19(17)29-22(18)23(31)15-8-10-16(11-9-15)25(26,27)28/h4-11,20,23,29H,2-3,12-14H2,1H3/t20-,23-/m0/s1. The topological polar surface area (TPSA) is 56.4 Å². The smallest absolute Gasteiger partial charge is 0.356 e. The van der Waals surface area contributed by atoms with Gasteiger partial charge in [0.05, 0.1) is 18.2 Å². The highest BCUT2D eigenvalue weighted by Gasteiger charge is 2.48. The van der Waals surface area contributed by atoms with Crippen LogP contribution in [0.3, 0.4) is 0 Å². The summed E-state index contributed by atoms with van der Waals surface area (Å²) in [4.78, 5) is 33.3. The molecule has 3 heterocycles. The fourth-order valence-electron chi connectivity index (χ4n) is 5.06. The van der Waals surface area contributed by atoms with Gasteiger partial charge in [-0.25, -0.2) is 0 Å². The van der Waals surface area contributed by atoms with Crippen LogP contribution in [0.2, 0.25) is 0 Å². The molecular formula is C25H24F3N3O2. The van der Waals surface area contributed by atoms with E-state index in [4.69, 9.17) is 0 Å². The van der Waals surface area contributed by atoms with Gasteiger partial charge in [0.15, 0.2) is 0 Å². The van der Waals surface area contributed by atoms with Crippen LogP contribution in [-0.2, 0) is 22.2 Å². The van der Waals surface area contributed by atoms with Crippen molar-refractivity contribution in [3.8, 4) is 0 Å². The number of fused-ring (bicyclic) bond motifs is 4. The summed E-state index contributed by atoms with van der Waals surface area (Å²) >= 11 is 0. The van der Waals surface area contributed by atoms with E-state index in [9.17, 15) is 22.8 Å². The maximum absolute atomic E-state index is 13.4. The molecule has 0 aliphatic carbocycles. The SMILES string of the molecule is CCCCN1CC(=O)N2[C@@H](c3ccc(C(F)(F)F)cc3)c3[nH]c4ccccc4c3C[C@H]2C1=O. The first-order valence-corrected chi connectivity index (χ1v) is 11.2. The number of hydrogen-bond acceptors (Lipinski definition) is 2. The van der Waals surface area contributed by atoms with Crippen LogP contribution in [0.25, 0.3) is 10.9 Å². The third-order valence-corrected chi connectivity index (χ3v) is 6.68. The average molecular weight is 455 g/mol. The Labute approximate surface area is 189 Å². The number of unbranched alkanes of at least 4 members (excludes halogenated alkanes) is 1. The second-order valence-corrected chi connectivity index (χ2v) is 8.72. The van der Waals surface area contributed by atoms with E-state index in [0.29, 0.717) is 18.5 Å². The summed E-state index contributed by atoms with van der Waals surface area (Å²) in [6, 6.07) is 11.3. The summed E-state index contributed by atoms with van der Waals surface area (Å²) < 4.78 is 39.4. The first-order chi connectivity index (χ1) is 15.8. The molecule has 2 aliphatic rings. The maximum atomic E-state index is 13.4. The van der Waals surface area contributed by atoms with Gasteiger partial charge in [-0.1, -0.05) is 43.7 Å². The Morgan fingerprint density at radius 1 is 1.06 bits per heavy atom. The van der Waals surface area contributed by atoms with Crippen LogP contribution in [0, 0.1) is 0 Å². The van der Waals surface area contributed by atoms with Crippen molar-refractivity contribution in [3.05, 3.63) is 70.9 Å². The molecule has 2 aliphatic heterocycles. The van der Waals surface area contributed by atoms with Crippen LogP contribution in [0.1, 0.15) is 48.2 Å². The maximum Gasteiger partial charge on any atom is 0.416 e. The van der Waals surface area contributed by atoms with Gasteiger partial charge in [0.1, 0.15) is 6.04 Å². The predicted octanol–water partition coefficient (Wildman–Crippen LogP) is 4.67. The quantitative estimate of drug-likeness (QED) is 0.622. The lowest BCUT2D eigenvalue weighted by Gasteiger charge is -2.47. The summed E-state index contributed by atoms with van der Waals surface area (Å²) in [5.41, 5.74) is 2.37. The molecule has 0 spiro atoms. The number of alkyl halides is 3. The van der Waals surface area contributed by atoms with Gasteiger partial charge in [-0.3, -0.25) is 9.59 Å². The first-order valence-electron chi connectivity index (χ1n) is 11.2. The lowest BCUT2D eigenvalue weighted by molar-refractivity contribution is -0.158. The molecular weight excluding hydrogens is 431 g/mol.